The van der Waals surface area contributed by atoms with Crippen LogP contribution in [-0.4, -0.2) is 36.7 Å². The SMILES string of the molecule is C[C@@H](O[C@H]1OCCC(C(O)C2CCCN2)[C@H]1c1ccccc1)c1cc(C(F)(F)F)cc(C(F)(F)F)c1. The van der Waals surface area contributed by atoms with Gasteiger partial charge < -0.3 is 19.9 Å². The Hall–Kier alpha value is -2.14. The Labute approximate surface area is 205 Å². The highest BCUT2D eigenvalue weighted by atomic mass is 19.4. The van der Waals surface area contributed by atoms with Gasteiger partial charge in [0.15, 0.2) is 6.29 Å². The van der Waals surface area contributed by atoms with E-state index in [0.29, 0.717) is 18.6 Å². The minimum atomic E-state index is -4.95. The normalized spacial score (nSPS) is 27.1. The molecule has 2 N–H and O–H groups in total. The van der Waals surface area contributed by atoms with Crippen LogP contribution in [0.1, 0.15) is 60.5 Å². The Kier molecular flexibility index (Phi) is 7.99. The van der Waals surface area contributed by atoms with Crippen molar-refractivity contribution in [3.8, 4) is 0 Å². The fourth-order valence-corrected chi connectivity index (χ4v) is 5.19. The number of alkyl halides is 6. The van der Waals surface area contributed by atoms with Crippen molar-refractivity contribution < 1.29 is 40.9 Å². The fraction of sp³-hybridized carbons (Fsp3) is 0.538. The number of halogens is 6. The molecule has 2 aromatic carbocycles. The van der Waals surface area contributed by atoms with Gasteiger partial charge in [0.05, 0.1) is 29.9 Å². The third-order valence-corrected chi connectivity index (χ3v) is 7.04. The average Bonchev–Trinajstić information content (AvgIpc) is 3.38. The highest BCUT2D eigenvalue weighted by Gasteiger charge is 2.44. The number of aliphatic hydroxyl groups is 1. The molecule has 4 rings (SSSR count). The number of benzene rings is 2. The van der Waals surface area contributed by atoms with Crippen LogP contribution >= 0.6 is 0 Å². The van der Waals surface area contributed by atoms with Gasteiger partial charge in [-0.25, -0.2) is 0 Å². The molecule has 36 heavy (non-hydrogen) atoms. The van der Waals surface area contributed by atoms with Crippen LogP contribution in [0, 0.1) is 5.92 Å². The molecule has 0 aliphatic carbocycles. The Morgan fingerprint density at radius 3 is 2.17 bits per heavy atom. The lowest BCUT2D eigenvalue weighted by atomic mass is 9.76. The summed E-state index contributed by atoms with van der Waals surface area (Å²) in [5.41, 5.74) is -2.23. The summed E-state index contributed by atoms with van der Waals surface area (Å²) in [5.74, 6) is -0.742. The topological polar surface area (TPSA) is 50.7 Å². The molecule has 0 bridgehead atoms. The summed E-state index contributed by atoms with van der Waals surface area (Å²) < 4.78 is 92.1. The second-order valence-electron chi connectivity index (χ2n) is 9.44. The number of aliphatic hydroxyl groups excluding tert-OH is 1. The van der Waals surface area contributed by atoms with Gasteiger partial charge in [0.1, 0.15) is 0 Å². The van der Waals surface area contributed by atoms with Crippen LogP contribution in [0.25, 0.3) is 0 Å². The van der Waals surface area contributed by atoms with Gasteiger partial charge in [-0.3, -0.25) is 0 Å². The number of hydrogen-bond acceptors (Lipinski definition) is 4. The highest BCUT2D eigenvalue weighted by Crippen LogP contribution is 2.43. The van der Waals surface area contributed by atoms with Gasteiger partial charge >= 0.3 is 12.4 Å². The van der Waals surface area contributed by atoms with E-state index in [-0.39, 0.29) is 30.2 Å². The summed E-state index contributed by atoms with van der Waals surface area (Å²) in [6.07, 6.45) is -10.4. The van der Waals surface area contributed by atoms with E-state index in [9.17, 15) is 31.4 Å². The van der Waals surface area contributed by atoms with Crippen molar-refractivity contribution in [1.82, 2.24) is 5.32 Å². The van der Waals surface area contributed by atoms with Gasteiger partial charge in [0.25, 0.3) is 0 Å². The molecular weight excluding hydrogens is 488 g/mol. The zero-order valence-electron chi connectivity index (χ0n) is 19.6. The van der Waals surface area contributed by atoms with Gasteiger partial charge in [0.2, 0.25) is 0 Å². The van der Waals surface area contributed by atoms with Crippen molar-refractivity contribution in [1.29, 1.82) is 0 Å². The van der Waals surface area contributed by atoms with Crippen molar-refractivity contribution in [2.45, 2.75) is 69.0 Å². The lowest BCUT2D eigenvalue weighted by molar-refractivity contribution is -0.218. The first-order valence-corrected chi connectivity index (χ1v) is 12.0. The Morgan fingerprint density at radius 1 is 0.972 bits per heavy atom. The average molecular weight is 518 g/mol. The van der Waals surface area contributed by atoms with Crippen molar-refractivity contribution in [2.24, 2.45) is 5.92 Å². The first-order valence-electron chi connectivity index (χ1n) is 12.0. The maximum Gasteiger partial charge on any atom is 0.416 e. The zero-order valence-corrected chi connectivity index (χ0v) is 19.6. The molecule has 0 amide bonds. The lowest BCUT2D eigenvalue weighted by Gasteiger charge is -2.42. The molecule has 198 valence electrons. The predicted octanol–water partition coefficient (Wildman–Crippen LogP) is 6.06. The molecule has 2 aromatic rings. The summed E-state index contributed by atoms with van der Waals surface area (Å²) in [4.78, 5) is 0. The molecule has 4 nitrogen and oxygen atoms in total. The molecule has 2 aliphatic rings. The molecular formula is C26H29F6NO3. The molecule has 2 heterocycles. The van der Waals surface area contributed by atoms with Crippen LogP contribution < -0.4 is 5.32 Å². The first kappa shape index (κ1) is 26.9. The smallest absolute Gasteiger partial charge is 0.391 e. The predicted molar refractivity (Wildman–Crippen MR) is 120 cm³/mol. The van der Waals surface area contributed by atoms with Crippen LogP contribution in [0.2, 0.25) is 0 Å². The molecule has 0 spiro atoms. The van der Waals surface area contributed by atoms with Crippen LogP contribution in [0.15, 0.2) is 48.5 Å². The van der Waals surface area contributed by atoms with E-state index < -0.39 is 47.9 Å². The Bertz CT molecular complexity index is 975. The highest BCUT2D eigenvalue weighted by molar-refractivity contribution is 5.35. The van der Waals surface area contributed by atoms with Crippen LogP contribution in [0.5, 0.6) is 0 Å². The van der Waals surface area contributed by atoms with Crippen LogP contribution in [-0.2, 0) is 21.8 Å². The number of ether oxygens (including phenoxy) is 2. The van der Waals surface area contributed by atoms with E-state index >= 15 is 0 Å². The van der Waals surface area contributed by atoms with E-state index in [1.165, 1.54) is 6.92 Å². The molecule has 3 unspecified atom stereocenters. The summed E-state index contributed by atoms with van der Waals surface area (Å²) >= 11 is 0. The molecule has 0 radical (unpaired) electrons. The van der Waals surface area contributed by atoms with Crippen LogP contribution in [0.3, 0.4) is 0 Å². The van der Waals surface area contributed by atoms with E-state index in [1.54, 1.807) is 0 Å². The van der Waals surface area contributed by atoms with Crippen molar-refractivity contribution >= 4 is 0 Å². The van der Waals surface area contributed by atoms with E-state index in [2.05, 4.69) is 5.32 Å². The maximum atomic E-state index is 13.4. The van der Waals surface area contributed by atoms with E-state index in [1.807, 2.05) is 30.3 Å². The summed E-state index contributed by atoms with van der Waals surface area (Å²) in [5, 5.41) is 14.5. The van der Waals surface area contributed by atoms with Gasteiger partial charge in [-0.2, -0.15) is 26.3 Å². The second kappa shape index (κ2) is 10.7. The summed E-state index contributed by atoms with van der Waals surface area (Å²) in [6, 6.07) is 10.5. The molecule has 2 fully saturated rings. The number of nitrogens with one attached hydrogen (secondary N) is 1. The molecule has 0 saturated carbocycles. The zero-order chi connectivity index (χ0) is 26.1. The summed E-state index contributed by atoms with van der Waals surface area (Å²) in [7, 11) is 0. The van der Waals surface area contributed by atoms with Gasteiger partial charge in [-0.15, -0.1) is 0 Å². The largest absolute Gasteiger partial charge is 0.416 e. The Balaban J connectivity index is 1.65. The van der Waals surface area contributed by atoms with E-state index in [0.717, 1.165) is 24.9 Å². The van der Waals surface area contributed by atoms with Crippen molar-refractivity contribution in [3.05, 3.63) is 70.8 Å². The third kappa shape index (κ3) is 6.04. The first-order chi connectivity index (χ1) is 16.9. The standard InChI is InChI=1S/C26H29F6NO3/c1-15(17-12-18(25(27,28)29)14-19(13-17)26(30,31)32)36-24-22(16-6-3-2-4-7-16)20(9-11-35-24)23(34)21-8-5-10-33-21/h2-4,6-7,12-15,20-24,33-34H,5,8-11H2,1H3/t15-,20?,21?,22-,23?,24-/m1/s1. The monoisotopic (exact) mass is 517 g/mol. The minimum absolute atomic E-state index is 0.0983. The molecule has 2 aliphatic heterocycles. The fourth-order valence-electron chi connectivity index (χ4n) is 5.19. The number of hydrogen-bond donors (Lipinski definition) is 2. The maximum absolute atomic E-state index is 13.4. The van der Waals surface area contributed by atoms with Gasteiger partial charge in [0, 0.05) is 17.9 Å². The summed E-state index contributed by atoms with van der Waals surface area (Å²) in [6.45, 7) is 2.44. The van der Waals surface area contributed by atoms with Crippen LogP contribution in [0.4, 0.5) is 26.3 Å². The third-order valence-electron chi connectivity index (χ3n) is 7.04. The minimum Gasteiger partial charge on any atom is -0.391 e. The Morgan fingerprint density at radius 2 is 1.61 bits per heavy atom. The second-order valence-corrected chi connectivity index (χ2v) is 9.44. The molecule has 6 atom stereocenters. The lowest BCUT2D eigenvalue weighted by Crippen LogP contribution is -2.48. The van der Waals surface area contributed by atoms with Crippen molar-refractivity contribution in [3.63, 3.8) is 0 Å². The van der Waals surface area contributed by atoms with E-state index in [4.69, 9.17) is 9.47 Å². The van der Waals surface area contributed by atoms with Gasteiger partial charge in [-0.05, 0) is 62.1 Å². The van der Waals surface area contributed by atoms with Crippen molar-refractivity contribution in [2.75, 3.05) is 13.2 Å². The molecule has 10 heteroatoms. The number of rotatable bonds is 6. The van der Waals surface area contributed by atoms with Gasteiger partial charge in [-0.1, -0.05) is 30.3 Å². The molecule has 2 saturated heterocycles. The quantitative estimate of drug-likeness (QED) is 0.458. The molecule has 0 aromatic heterocycles.